The average Bonchev–Trinajstić information content (AvgIpc) is 1.57. The second-order valence-corrected chi connectivity index (χ2v) is 28.8. The normalized spacial score (nSPS) is 31.6. The zero-order valence-corrected chi connectivity index (χ0v) is 59.5. The Labute approximate surface area is 587 Å². The Kier molecular flexibility index (Phi) is 25.8. The van der Waals surface area contributed by atoms with Crippen LogP contribution < -0.4 is 20.3 Å². The van der Waals surface area contributed by atoms with Crippen molar-refractivity contribution in [2.75, 3.05) is 91.6 Å². The first-order valence-electron chi connectivity index (χ1n) is 31.3. The highest BCUT2D eigenvalue weighted by atomic mass is 35.5. The van der Waals surface area contributed by atoms with Gasteiger partial charge < -0.3 is 58.3 Å². The highest BCUT2D eigenvalue weighted by Crippen LogP contribution is 2.49. The molecule has 0 aromatic heterocycles. The van der Waals surface area contributed by atoms with Gasteiger partial charge in [0.1, 0.15) is 61.7 Å². The fraction of sp³-hybridized carbons (Fsp3) is 0.645. The van der Waals surface area contributed by atoms with Crippen molar-refractivity contribution in [3.05, 3.63) is 46.5 Å². The molecule has 7 aliphatic heterocycles. The molecule has 28 nitrogen and oxygen atoms in total. The largest absolute Gasteiger partial charge is 0.495 e. The minimum absolute atomic E-state index is 0.00202. The molecule has 3 N–H and O–H groups in total. The molecule has 0 saturated carbocycles. The number of benzene rings is 1. The molecule has 5 unspecified atom stereocenters. The predicted molar refractivity (Wildman–Crippen MR) is 361 cm³/mol. The van der Waals surface area contributed by atoms with Crippen molar-refractivity contribution in [2.24, 2.45) is 5.92 Å². The number of thioether (sulfide) groups is 1. The van der Waals surface area contributed by atoms with Crippen molar-refractivity contribution in [3.63, 3.8) is 0 Å². The van der Waals surface area contributed by atoms with Gasteiger partial charge in [0.15, 0.2) is 5.72 Å². The van der Waals surface area contributed by atoms with Crippen LogP contribution in [-0.4, -0.2) is 268 Å². The highest BCUT2D eigenvalue weighted by Gasteiger charge is 2.65. The number of esters is 1. The summed E-state index contributed by atoms with van der Waals surface area (Å²) in [4.78, 5) is 167. The Bertz CT molecular complexity index is 3190. The standard InChI is InChI=1S/C62H83ClN8O20S5/c1-31-10-9-11-41(86-8)62(84)28-39(89-60(83)65-62)32(2)53-61(4,91-53)42(27-46(75)67(6)37-23-34(22-31)24-38(85-7)48(37)63)90-59(82)33(3)66(5)44(73)14-21-96-40-26-47(76)69(54(40)77)16-18-88-20-19-87-17-15-64-43(72)12-13-45(74)68-29-35(70-55(78)49(92)50(93)56(70)79)25-36(30-68)71-57(80)51(94)52(95)58(71)81/h9-11,23-24,32-33,35-36,39-42,49-53,84,92-95H,12-22,25-30H2,1-8H3,(H,64,72)(H,65,83)/b11-9+,31-10+/t32-,33+,35-,36+,39+,40?,41-,42+,49?,50?,51?,52?,53+,61+,62+/m1/s1. The van der Waals surface area contributed by atoms with Crippen LogP contribution in [0, 0.1) is 5.92 Å². The lowest BCUT2D eigenvalue weighted by molar-refractivity contribution is -0.162. The van der Waals surface area contributed by atoms with Crippen LogP contribution >= 0.6 is 73.9 Å². The van der Waals surface area contributed by atoms with E-state index in [1.54, 1.807) is 38.1 Å². The molecule has 8 rings (SSSR count). The van der Waals surface area contributed by atoms with Gasteiger partial charge in [0.25, 0.3) is 0 Å². The number of methoxy groups -OCH3 is 2. The van der Waals surface area contributed by atoms with Crippen LogP contribution in [0.15, 0.2) is 35.9 Å². The number of ether oxygens (including phenoxy) is 7. The number of likely N-dealkylation sites (tertiary alicyclic amines) is 4. The van der Waals surface area contributed by atoms with Crippen molar-refractivity contribution in [1.82, 2.24) is 35.1 Å². The molecule has 1 aromatic rings. The van der Waals surface area contributed by atoms with Gasteiger partial charge in [-0.1, -0.05) is 42.3 Å². The number of aliphatic hydroxyl groups is 1. The molecule has 528 valence electrons. The van der Waals surface area contributed by atoms with Crippen LogP contribution in [0.1, 0.15) is 78.2 Å². The van der Waals surface area contributed by atoms with Gasteiger partial charge in [-0.05, 0) is 51.3 Å². The van der Waals surface area contributed by atoms with E-state index in [4.69, 9.17) is 44.8 Å². The van der Waals surface area contributed by atoms with Crippen LogP contribution in [0.4, 0.5) is 10.5 Å². The minimum Gasteiger partial charge on any atom is -0.495 e. The van der Waals surface area contributed by atoms with Crippen molar-refractivity contribution < 1.29 is 95.8 Å². The molecule has 7 aliphatic rings. The molecule has 15 atom stereocenters. The maximum atomic E-state index is 14.4. The number of piperidine rings is 1. The summed E-state index contributed by atoms with van der Waals surface area (Å²) < 4.78 is 40.6. The molecular formula is C62H83ClN8O20S5. The van der Waals surface area contributed by atoms with Gasteiger partial charge in [-0.25, -0.2) is 9.59 Å². The Morgan fingerprint density at radius 1 is 0.865 bits per heavy atom. The third kappa shape index (κ3) is 17.1. The van der Waals surface area contributed by atoms with Gasteiger partial charge in [0.05, 0.1) is 75.6 Å². The average molecular weight is 1460 g/mol. The molecule has 96 heavy (non-hydrogen) atoms. The van der Waals surface area contributed by atoms with Crippen molar-refractivity contribution in [3.8, 4) is 5.75 Å². The molecule has 11 amide bonds. The maximum absolute atomic E-state index is 14.4. The number of nitrogens with one attached hydrogen (secondary N) is 2. The van der Waals surface area contributed by atoms with E-state index in [9.17, 15) is 62.6 Å². The zero-order valence-electron chi connectivity index (χ0n) is 54.4. The maximum Gasteiger partial charge on any atom is 0.409 e. The Hall–Kier alpha value is -5.62. The van der Waals surface area contributed by atoms with Crippen LogP contribution in [0.5, 0.6) is 5.75 Å². The molecule has 6 fully saturated rings. The fourth-order valence-electron chi connectivity index (χ4n) is 12.6. The number of fused-ring (bicyclic) bond motifs is 5. The second kappa shape index (κ2) is 32.6. The third-order valence-electron chi connectivity index (χ3n) is 18.4. The van der Waals surface area contributed by atoms with E-state index >= 15 is 0 Å². The van der Waals surface area contributed by atoms with E-state index in [0.717, 1.165) is 37.6 Å². The van der Waals surface area contributed by atoms with Crippen LogP contribution in [0.3, 0.4) is 0 Å². The quantitative estimate of drug-likeness (QED) is 0.0269. The van der Waals surface area contributed by atoms with E-state index in [1.165, 1.54) is 49.9 Å². The molecule has 1 aromatic carbocycles. The van der Waals surface area contributed by atoms with E-state index in [-0.39, 0.29) is 102 Å². The van der Waals surface area contributed by atoms with Gasteiger partial charge in [0, 0.05) is 84.6 Å². The molecule has 4 bridgehead atoms. The molecular weight excluding hydrogens is 1370 g/mol. The summed E-state index contributed by atoms with van der Waals surface area (Å²) in [6.07, 6.45) is -0.601. The van der Waals surface area contributed by atoms with E-state index in [2.05, 4.69) is 61.1 Å². The SMILES string of the molecule is COc1cc2cc(c1Cl)N(C)C(=O)C[C@H](OC(=O)[C@H](C)N(C)C(=O)CCSC1CC(=O)N(CCOCCOCCNC(=O)CCC(=O)N3C[C@H](N4C(=O)C(S)C(S)C4=O)C[C@H](N4C(=O)C(S)C(S)C4=O)C3)C1=O)[C@]1(C)O[C@H]1[C@H](C)[C@@H]1C[C@@](O)(NC(=O)O1)[C@H](OC)/C=C/C=C(\C)C2. The minimum atomic E-state index is -1.91. The molecule has 0 spiro atoms. The summed E-state index contributed by atoms with van der Waals surface area (Å²) in [5.74, 6) is -6.35. The molecule has 7 heterocycles. The summed E-state index contributed by atoms with van der Waals surface area (Å²) in [6, 6.07) is 0.508. The zero-order chi connectivity index (χ0) is 70.4. The Balaban J connectivity index is 0.762. The number of nitrogens with zero attached hydrogens (tertiary/aromatic N) is 6. The van der Waals surface area contributed by atoms with Gasteiger partial charge in [-0.15, -0.1) is 11.8 Å². The number of carbonyl (C=O) groups is 12. The van der Waals surface area contributed by atoms with Gasteiger partial charge >= 0.3 is 12.1 Å². The Morgan fingerprint density at radius 3 is 2.08 bits per heavy atom. The number of hydrogen-bond acceptors (Lipinski definition) is 25. The lowest BCUT2D eigenvalue weighted by Gasteiger charge is -2.43. The number of thiol groups is 4. The number of rotatable bonds is 23. The predicted octanol–water partition coefficient (Wildman–Crippen LogP) is 1.60. The number of imide groups is 3. The van der Waals surface area contributed by atoms with Crippen molar-refractivity contribution in [1.29, 1.82) is 0 Å². The van der Waals surface area contributed by atoms with Gasteiger partial charge in [0.2, 0.25) is 59.1 Å². The number of likely N-dealkylation sites (N-methyl/N-ethyl adjacent to an activating group) is 1. The number of allylic oxidation sites excluding steroid dienone is 3. The monoisotopic (exact) mass is 1450 g/mol. The van der Waals surface area contributed by atoms with Crippen molar-refractivity contribution >= 4 is 151 Å². The summed E-state index contributed by atoms with van der Waals surface area (Å²) in [7, 11) is 5.79. The van der Waals surface area contributed by atoms with E-state index in [0.29, 0.717) is 17.9 Å². The molecule has 34 heteroatoms. The highest BCUT2D eigenvalue weighted by molar-refractivity contribution is 8.00. The summed E-state index contributed by atoms with van der Waals surface area (Å²) in [6.45, 7) is 6.88. The number of halogens is 1. The van der Waals surface area contributed by atoms with Crippen LogP contribution in [-0.2, 0) is 87.6 Å². The van der Waals surface area contributed by atoms with Crippen molar-refractivity contribution in [2.45, 2.75) is 159 Å². The molecule has 0 radical (unpaired) electrons. The summed E-state index contributed by atoms with van der Waals surface area (Å²) in [5, 5.41) is 12.3. The number of carbonyl (C=O) groups excluding carboxylic acids is 12. The lowest BCUT2D eigenvalue weighted by atomic mass is 9.83. The molecule has 0 aliphatic carbocycles. The number of amides is 11. The van der Waals surface area contributed by atoms with E-state index in [1.807, 2.05) is 13.0 Å². The number of epoxide rings is 1. The second-order valence-electron chi connectivity index (χ2n) is 24.9. The number of alkyl carbamates (subject to hydrolysis) is 1. The first-order valence-corrected chi connectivity index (χ1v) is 34.8. The lowest BCUT2D eigenvalue weighted by Crippen LogP contribution is -2.63. The topological polar surface area (TPSA) is 336 Å². The number of hydrogen-bond donors (Lipinski definition) is 7. The van der Waals surface area contributed by atoms with Crippen LogP contribution in [0.25, 0.3) is 0 Å². The van der Waals surface area contributed by atoms with E-state index < -0.39 is 164 Å². The van der Waals surface area contributed by atoms with Gasteiger partial charge in [-0.3, -0.25) is 68.0 Å². The Morgan fingerprint density at radius 2 is 1.48 bits per heavy atom. The smallest absolute Gasteiger partial charge is 0.409 e. The van der Waals surface area contributed by atoms with Gasteiger partial charge in [-0.2, -0.15) is 50.5 Å². The first kappa shape index (κ1) is 76.1. The third-order valence-corrected chi connectivity index (χ3v) is 22.5. The number of anilines is 1. The summed E-state index contributed by atoms with van der Waals surface area (Å²) >= 11 is 24.9. The first-order chi connectivity index (χ1) is 45.3. The molecule has 6 saturated heterocycles. The summed E-state index contributed by atoms with van der Waals surface area (Å²) in [5.41, 5.74) is -1.32. The fourth-order valence-corrected chi connectivity index (χ4v) is 15.0. The van der Waals surface area contributed by atoms with Crippen LogP contribution in [0.2, 0.25) is 5.02 Å².